The number of hydrogen-bond acceptors (Lipinski definition) is 3. The van der Waals surface area contributed by atoms with Gasteiger partial charge in [-0.3, -0.25) is 0 Å². The molecule has 0 saturated heterocycles. The van der Waals surface area contributed by atoms with Gasteiger partial charge in [-0.2, -0.15) is 0 Å². The second-order valence-corrected chi connectivity index (χ2v) is 2.50. The van der Waals surface area contributed by atoms with Crippen LogP contribution in [-0.4, -0.2) is 6.79 Å². The van der Waals surface area contributed by atoms with Crippen LogP contribution in [0.15, 0.2) is 18.2 Å². The third-order valence-electron chi connectivity index (χ3n) is 1.74. The van der Waals surface area contributed by atoms with Crippen LogP contribution >= 0.6 is 0 Å². The van der Waals surface area contributed by atoms with Crippen LogP contribution in [0.4, 0.5) is 0 Å². The standard InChI is InChI=1S/C9H9O3/c1-10-5-7-3-2-4-8-9(7)12-6-11-8/h2-4H,1,5-6H2. The van der Waals surface area contributed by atoms with Crippen LogP contribution < -0.4 is 9.47 Å². The van der Waals surface area contributed by atoms with E-state index in [1.165, 1.54) is 0 Å². The summed E-state index contributed by atoms with van der Waals surface area (Å²) in [6, 6.07) is 5.70. The van der Waals surface area contributed by atoms with Crippen molar-refractivity contribution in [3.8, 4) is 11.5 Å². The molecule has 1 aromatic rings. The van der Waals surface area contributed by atoms with Gasteiger partial charge in [-0.15, -0.1) is 0 Å². The smallest absolute Gasteiger partial charge is 0.231 e. The molecule has 1 aromatic carbocycles. The van der Waals surface area contributed by atoms with E-state index in [1.807, 2.05) is 18.2 Å². The molecule has 0 unspecified atom stereocenters. The molecular formula is C9H9O3. The fourth-order valence-corrected chi connectivity index (χ4v) is 1.21. The van der Waals surface area contributed by atoms with Gasteiger partial charge in [0.05, 0.1) is 13.7 Å². The number of fused-ring (bicyclic) bond motifs is 1. The molecule has 0 amide bonds. The van der Waals surface area contributed by atoms with Crippen molar-refractivity contribution in [2.75, 3.05) is 6.79 Å². The van der Waals surface area contributed by atoms with Gasteiger partial charge in [0.25, 0.3) is 0 Å². The average Bonchev–Trinajstić information content (AvgIpc) is 2.53. The zero-order valence-corrected chi connectivity index (χ0v) is 6.58. The fraction of sp³-hybridized carbons (Fsp3) is 0.222. The van der Waals surface area contributed by atoms with E-state index in [4.69, 9.17) is 14.2 Å². The van der Waals surface area contributed by atoms with Crippen LogP contribution in [0.25, 0.3) is 0 Å². The Bertz CT molecular complexity index is 283. The van der Waals surface area contributed by atoms with Crippen molar-refractivity contribution in [3.63, 3.8) is 0 Å². The third-order valence-corrected chi connectivity index (χ3v) is 1.74. The molecule has 12 heavy (non-hydrogen) atoms. The number of benzene rings is 1. The summed E-state index contributed by atoms with van der Waals surface area (Å²) >= 11 is 0. The first-order chi connectivity index (χ1) is 5.92. The minimum Gasteiger partial charge on any atom is -0.454 e. The van der Waals surface area contributed by atoms with Crippen molar-refractivity contribution < 1.29 is 14.2 Å². The lowest BCUT2D eigenvalue weighted by Gasteiger charge is -2.02. The van der Waals surface area contributed by atoms with E-state index in [1.54, 1.807) is 0 Å². The van der Waals surface area contributed by atoms with Gasteiger partial charge in [0, 0.05) is 5.56 Å². The molecule has 0 saturated carbocycles. The first-order valence-corrected chi connectivity index (χ1v) is 3.66. The Balaban J connectivity index is 2.36. The summed E-state index contributed by atoms with van der Waals surface area (Å²) in [6.07, 6.45) is 0. The van der Waals surface area contributed by atoms with E-state index >= 15 is 0 Å². The average molecular weight is 165 g/mol. The van der Waals surface area contributed by atoms with Gasteiger partial charge >= 0.3 is 0 Å². The van der Waals surface area contributed by atoms with Gasteiger partial charge in [0.2, 0.25) is 6.79 Å². The van der Waals surface area contributed by atoms with Gasteiger partial charge in [0.1, 0.15) is 0 Å². The van der Waals surface area contributed by atoms with Gasteiger partial charge in [-0.1, -0.05) is 12.1 Å². The summed E-state index contributed by atoms with van der Waals surface area (Å²) in [5.41, 5.74) is 0.972. The van der Waals surface area contributed by atoms with Crippen LogP contribution in [0, 0.1) is 7.11 Å². The third kappa shape index (κ3) is 1.12. The molecule has 1 aliphatic heterocycles. The lowest BCUT2D eigenvalue weighted by atomic mass is 10.2. The Morgan fingerprint density at radius 2 is 2.33 bits per heavy atom. The van der Waals surface area contributed by atoms with E-state index < -0.39 is 0 Å². The lowest BCUT2D eigenvalue weighted by Crippen LogP contribution is -1.94. The second kappa shape index (κ2) is 3.03. The normalized spacial score (nSPS) is 13.4. The topological polar surface area (TPSA) is 27.7 Å². The van der Waals surface area contributed by atoms with Crippen molar-refractivity contribution in [1.29, 1.82) is 0 Å². The molecule has 0 atom stereocenters. The number of para-hydroxylation sites is 1. The van der Waals surface area contributed by atoms with Crippen molar-refractivity contribution >= 4 is 0 Å². The number of ether oxygens (including phenoxy) is 3. The first kappa shape index (κ1) is 7.43. The number of rotatable bonds is 2. The second-order valence-electron chi connectivity index (χ2n) is 2.50. The van der Waals surface area contributed by atoms with E-state index in [9.17, 15) is 0 Å². The molecule has 3 nitrogen and oxygen atoms in total. The summed E-state index contributed by atoms with van der Waals surface area (Å²) in [4.78, 5) is 0. The molecule has 0 aromatic heterocycles. The minimum absolute atomic E-state index is 0.295. The van der Waals surface area contributed by atoms with Gasteiger partial charge in [-0.05, 0) is 6.07 Å². The van der Waals surface area contributed by atoms with E-state index in [0.717, 1.165) is 17.1 Å². The molecule has 1 aliphatic rings. The zero-order valence-electron chi connectivity index (χ0n) is 6.58. The Morgan fingerprint density at radius 3 is 3.17 bits per heavy atom. The van der Waals surface area contributed by atoms with Crippen LogP contribution in [0.1, 0.15) is 5.56 Å². The zero-order chi connectivity index (χ0) is 8.39. The van der Waals surface area contributed by atoms with Crippen LogP contribution in [0.2, 0.25) is 0 Å². The Kier molecular flexibility index (Phi) is 1.87. The quantitative estimate of drug-likeness (QED) is 0.667. The Morgan fingerprint density at radius 1 is 1.42 bits per heavy atom. The summed E-state index contributed by atoms with van der Waals surface area (Å²) in [5.74, 6) is 1.56. The van der Waals surface area contributed by atoms with E-state index in [2.05, 4.69) is 7.11 Å². The maximum absolute atomic E-state index is 5.25. The molecule has 0 fully saturated rings. The molecule has 0 aliphatic carbocycles. The molecule has 0 bridgehead atoms. The summed E-state index contributed by atoms with van der Waals surface area (Å²) in [6.45, 7) is 0.746. The van der Waals surface area contributed by atoms with Gasteiger partial charge in [-0.25, -0.2) is 0 Å². The monoisotopic (exact) mass is 165 g/mol. The molecule has 0 N–H and O–H groups in total. The highest BCUT2D eigenvalue weighted by molar-refractivity contribution is 5.47. The van der Waals surface area contributed by atoms with Gasteiger partial charge < -0.3 is 14.2 Å². The van der Waals surface area contributed by atoms with Crippen LogP contribution in [0.3, 0.4) is 0 Å². The van der Waals surface area contributed by atoms with E-state index in [-0.39, 0.29) is 0 Å². The summed E-state index contributed by atoms with van der Waals surface area (Å²) in [7, 11) is 3.31. The van der Waals surface area contributed by atoms with Crippen molar-refractivity contribution in [2.45, 2.75) is 6.61 Å². The maximum atomic E-state index is 5.25. The van der Waals surface area contributed by atoms with Gasteiger partial charge in [0.15, 0.2) is 11.5 Å². The van der Waals surface area contributed by atoms with Crippen molar-refractivity contribution in [1.82, 2.24) is 0 Å². The molecule has 2 rings (SSSR count). The highest BCUT2D eigenvalue weighted by atomic mass is 16.7. The molecule has 0 spiro atoms. The van der Waals surface area contributed by atoms with E-state index in [0.29, 0.717) is 13.4 Å². The largest absolute Gasteiger partial charge is 0.454 e. The molecule has 1 heterocycles. The first-order valence-electron chi connectivity index (χ1n) is 3.66. The SMILES string of the molecule is [CH2]OCc1cccc2c1OCO2. The summed E-state index contributed by atoms with van der Waals surface area (Å²) < 4.78 is 15.2. The predicted octanol–water partition coefficient (Wildman–Crippen LogP) is 1.72. The molecule has 3 heteroatoms. The summed E-state index contributed by atoms with van der Waals surface area (Å²) in [5, 5.41) is 0. The Labute approximate surface area is 70.9 Å². The van der Waals surface area contributed by atoms with Crippen LogP contribution in [0.5, 0.6) is 11.5 Å². The maximum Gasteiger partial charge on any atom is 0.231 e. The highest BCUT2D eigenvalue weighted by Gasteiger charge is 2.16. The predicted molar refractivity (Wildman–Crippen MR) is 42.7 cm³/mol. The van der Waals surface area contributed by atoms with Crippen molar-refractivity contribution in [3.05, 3.63) is 30.9 Å². The Hall–Kier alpha value is -1.22. The highest BCUT2D eigenvalue weighted by Crippen LogP contribution is 2.35. The molecule has 63 valence electrons. The van der Waals surface area contributed by atoms with Crippen molar-refractivity contribution in [2.24, 2.45) is 0 Å². The molecule has 1 radical (unpaired) electrons. The fourth-order valence-electron chi connectivity index (χ4n) is 1.21. The van der Waals surface area contributed by atoms with Crippen LogP contribution in [-0.2, 0) is 11.3 Å². The lowest BCUT2D eigenvalue weighted by molar-refractivity contribution is 0.169. The minimum atomic E-state index is 0.295. The number of hydrogen-bond donors (Lipinski definition) is 0. The molecular weight excluding hydrogens is 156 g/mol.